The summed E-state index contributed by atoms with van der Waals surface area (Å²) < 4.78 is 0. The van der Waals surface area contributed by atoms with Gasteiger partial charge in [0.2, 0.25) is 0 Å². The van der Waals surface area contributed by atoms with Gasteiger partial charge in [-0.1, -0.05) is 72.8 Å². The Morgan fingerprint density at radius 3 is 2.37 bits per heavy atom. The number of amides is 2. The van der Waals surface area contributed by atoms with Crippen molar-refractivity contribution in [1.82, 2.24) is 5.43 Å². The highest BCUT2D eigenvalue weighted by Gasteiger charge is 2.14. The molecule has 0 bridgehead atoms. The van der Waals surface area contributed by atoms with Gasteiger partial charge in [0.25, 0.3) is 0 Å². The number of nitrogens with zero attached hydrogens (tertiary/aromatic N) is 1. The minimum absolute atomic E-state index is 0.581. The molecule has 3 aromatic carbocycles. The van der Waals surface area contributed by atoms with Gasteiger partial charge >= 0.3 is 11.8 Å². The quantitative estimate of drug-likeness (QED) is 0.421. The van der Waals surface area contributed by atoms with Crippen LogP contribution in [0, 0.1) is 0 Å². The van der Waals surface area contributed by atoms with Crippen LogP contribution in [0.15, 0.2) is 83.5 Å². The molecule has 27 heavy (non-hydrogen) atoms. The monoisotopic (exact) mass is 357 g/mol. The van der Waals surface area contributed by atoms with E-state index in [0.29, 0.717) is 5.69 Å². The van der Waals surface area contributed by atoms with Crippen LogP contribution in [0.4, 0.5) is 5.69 Å². The fourth-order valence-electron chi connectivity index (χ4n) is 2.61. The molecule has 0 aliphatic heterocycles. The number of benzene rings is 3. The number of fused-ring (bicyclic) bond motifs is 1. The van der Waals surface area contributed by atoms with Crippen LogP contribution in [0.1, 0.15) is 12.5 Å². The van der Waals surface area contributed by atoms with Crippen molar-refractivity contribution in [3.8, 4) is 0 Å². The van der Waals surface area contributed by atoms with Crippen LogP contribution in [0.5, 0.6) is 0 Å². The number of nitrogens with one attached hydrogen (secondary N) is 2. The van der Waals surface area contributed by atoms with E-state index in [1.54, 1.807) is 6.07 Å². The smallest absolute Gasteiger partial charge is 0.317 e. The molecule has 0 spiro atoms. The van der Waals surface area contributed by atoms with Gasteiger partial charge in [0, 0.05) is 11.1 Å². The topological polar surface area (TPSA) is 70.6 Å². The van der Waals surface area contributed by atoms with E-state index in [-0.39, 0.29) is 0 Å². The van der Waals surface area contributed by atoms with Gasteiger partial charge in [-0.3, -0.25) is 9.59 Å². The lowest BCUT2D eigenvalue weighted by Crippen LogP contribution is -2.32. The van der Waals surface area contributed by atoms with E-state index in [4.69, 9.17) is 0 Å². The fraction of sp³-hybridized carbons (Fsp3) is 0.0455. The molecule has 2 N–H and O–H groups in total. The Bertz CT molecular complexity index is 1020. The van der Waals surface area contributed by atoms with Crippen LogP contribution in [-0.2, 0) is 9.59 Å². The van der Waals surface area contributed by atoms with Crippen molar-refractivity contribution in [3.63, 3.8) is 0 Å². The Morgan fingerprint density at radius 1 is 0.852 bits per heavy atom. The second-order valence-electron chi connectivity index (χ2n) is 5.98. The van der Waals surface area contributed by atoms with Crippen LogP contribution in [0.25, 0.3) is 16.8 Å². The molecule has 0 unspecified atom stereocenters. The molecule has 5 nitrogen and oxygen atoms in total. The number of allylic oxidation sites excluding steroid dienone is 1. The van der Waals surface area contributed by atoms with Gasteiger partial charge in [0.15, 0.2) is 0 Å². The summed E-state index contributed by atoms with van der Waals surface area (Å²) in [5, 5.41) is 8.31. The highest BCUT2D eigenvalue weighted by atomic mass is 16.2. The van der Waals surface area contributed by atoms with Gasteiger partial charge in [-0.05, 0) is 29.5 Å². The molecular formula is C22H19N3O2. The first kappa shape index (κ1) is 18.1. The lowest BCUT2D eigenvalue weighted by Gasteiger charge is -2.07. The molecule has 3 aromatic rings. The molecule has 3 rings (SSSR count). The molecule has 134 valence electrons. The SMILES string of the molecule is CC(C=NNC(=O)C(=O)Nc1cccc2ccccc12)=Cc1ccccc1. The number of hydrazone groups is 1. The predicted octanol–water partition coefficient (Wildman–Crippen LogP) is 3.98. The molecule has 0 radical (unpaired) electrons. The molecule has 0 saturated heterocycles. The van der Waals surface area contributed by atoms with Gasteiger partial charge in [0.05, 0.1) is 6.21 Å². The zero-order valence-corrected chi connectivity index (χ0v) is 14.8. The number of carbonyl (C=O) groups is 2. The Hall–Kier alpha value is -3.73. The first-order valence-corrected chi connectivity index (χ1v) is 8.49. The van der Waals surface area contributed by atoms with Gasteiger partial charge in [-0.2, -0.15) is 5.10 Å². The highest BCUT2D eigenvalue weighted by molar-refractivity contribution is 6.40. The van der Waals surface area contributed by atoms with Crippen LogP contribution >= 0.6 is 0 Å². The largest absolute Gasteiger partial charge is 0.329 e. The number of anilines is 1. The van der Waals surface area contributed by atoms with E-state index in [1.807, 2.05) is 79.7 Å². The van der Waals surface area contributed by atoms with Crippen molar-refractivity contribution in [3.05, 3.63) is 83.9 Å². The molecule has 2 amide bonds. The third kappa shape index (κ3) is 4.89. The van der Waals surface area contributed by atoms with Crippen LogP contribution < -0.4 is 10.7 Å². The van der Waals surface area contributed by atoms with Gasteiger partial charge in [-0.25, -0.2) is 5.43 Å². The summed E-state index contributed by atoms with van der Waals surface area (Å²) in [5.41, 5.74) is 4.70. The van der Waals surface area contributed by atoms with Crippen molar-refractivity contribution < 1.29 is 9.59 Å². The maximum atomic E-state index is 12.1. The predicted molar refractivity (Wildman–Crippen MR) is 109 cm³/mol. The highest BCUT2D eigenvalue weighted by Crippen LogP contribution is 2.22. The molecule has 0 aliphatic rings. The maximum Gasteiger partial charge on any atom is 0.329 e. The third-order valence-corrected chi connectivity index (χ3v) is 3.87. The van der Waals surface area contributed by atoms with Crippen molar-refractivity contribution in [2.45, 2.75) is 6.92 Å². The number of hydrogen-bond donors (Lipinski definition) is 2. The minimum atomic E-state index is -0.827. The standard InChI is InChI=1S/C22H19N3O2/c1-16(14-17-8-3-2-4-9-17)15-23-25-22(27)21(26)24-20-13-7-11-18-10-5-6-12-19(18)20/h2-15H,1H3,(H,24,26)(H,25,27). The summed E-state index contributed by atoms with van der Waals surface area (Å²) >= 11 is 0. The minimum Gasteiger partial charge on any atom is -0.317 e. The zero-order chi connectivity index (χ0) is 19.1. The van der Waals surface area contributed by atoms with E-state index in [0.717, 1.165) is 21.9 Å². The first-order chi connectivity index (χ1) is 13.1. The van der Waals surface area contributed by atoms with Crippen molar-refractivity contribution >= 4 is 40.6 Å². The van der Waals surface area contributed by atoms with E-state index < -0.39 is 11.8 Å². The average Bonchev–Trinajstić information content (AvgIpc) is 2.69. The van der Waals surface area contributed by atoms with E-state index in [1.165, 1.54) is 6.21 Å². The molecule has 0 heterocycles. The van der Waals surface area contributed by atoms with Crippen molar-refractivity contribution in [2.75, 3.05) is 5.32 Å². The molecule has 0 fully saturated rings. The molecule has 0 atom stereocenters. The first-order valence-electron chi connectivity index (χ1n) is 8.49. The van der Waals surface area contributed by atoms with Gasteiger partial charge in [0.1, 0.15) is 0 Å². The zero-order valence-electron chi connectivity index (χ0n) is 14.8. The fourth-order valence-corrected chi connectivity index (χ4v) is 2.61. The molecule has 5 heteroatoms. The van der Waals surface area contributed by atoms with E-state index in [9.17, 15) is 9.59 Å². The second-order valence-corrected chi connectivity index (χ2v) is 5.98. The van der Waals surface area contributed by atoms with E-state index >= 15 is 0 Å². The molecular weight excluding hydrogens is 338 g/mol. The summed E-state index contributed by atoms with van der Waals surface area (Å²) in [6.07, 6.45) is 3.42. The van der Waals surface area contributed by atoms with E-state index in [2.05, 4.69) is 15.8 Å². The van der Waals surface area contributed by atoms with Crippen molar-refractivity contribution in [1.29, 1.82) is 0 Å². The second kappa shape index (κ2) is 8.58. The Kier molecular flexibility index (Phi) is 5.74. The summed E-state index contributed by atoms with van der Waals surface area (Å²) in [4.78, 5) is 24.1. The van der Waals surface area contributed by atoms with Crippen LogP contribution in [-0.4, -0.2) is 18.0 Å². The summed E-state index contributed by atoms with van der Waals surface area (Å²) in [7, 11) is 0. The number of carbonyl (C=O) groups excluding carboxylic acids is 2. The summed E-state index contributed by atoms with van der Waals surface area (Å²) in [5.74, 6) is -1.60. The molecule has 0 aliphatic carbocycles. The normalized spacial score (nSPS) is 11.5. The summed E-state index contributed by atoms with van der Waals surface area (Å²) in [6, 6.07) is 22.9. The lowest BCUT2D eigenvalue weighted by molar-refractivity contribution is -0.136. The summed E-state index contributed by atoms with van der Waals surface area (Å²) in [6.45, 7) is 1.86. The Morgan fingerprint density at radius 2 is 1.56 bits per heavy atom. The number of hydrogen-bond acceptors (Lipinski definition) is 3. The third-order valence-electron chi connectivity index (χ3n) is 3.87. The molecule has 0 saturated carbocycles. The van der Waals surface area contributed by atoms with Crippen molar-refractivity contribution in [2.24, 2.45) is 5.10 Å². The maximum absolute atomic E-state index is 12.1. The Balaban J connectivity index is 1.61. The lowest BCUT2D eigenvalue weighted by atomic mass is 10.1. The van der Waals surface area contributed by atoms with Crippen LogP contribution in [0.2, 0.25) is 0 Å². The van der Waals surface area contributed by atoms with Gasteiger partial charge < -0.3 is 5.32 Å². The average molecular weight is 357 g/mol. The van der Waals surface area contributed by atoms with Crippen LogP contribution in [0.3, 0.4) is 0 Å². The van der Waals surface area contributed by atoms with Gasteiger partial charge in [-0.15, -0.1) is 0 Å². The molecule has 0 aromatic heterocycles. The Labute approximate surface area is 157 Å². The number of rotatable bonds is 4.